The fraction of sp³-hybridized carbons (Fsp3) is 0.731. The molecule has 0 aliphatic heterocycles. The maximum absolute atomic E-state index is 5.70. The summed E-state index contributed by atoms with van der Waals surface area (Å²) in [5.74, 6) is 0. The van der Waals surface area contributed by atoms with Crippen molar-refractivity contribution >= 4 is 0 Å². The van der Waals surface area contributed by atoms with Gasteiger partial charge in [0.25, 0.3) is 0 Å². The van der Waals surface area contributed by atoms with E-state index < -0.39 is 0 Å². The van der Waals surface area contributed by atoms with Gasteiger partial charge in [-0.25, -0.2) is 0 Å². The van der Waals surface area contributed by atoms with Crippen molar-refractivity contribution in [1.82, 2.24) is 0 Å². The van der Waals surface area contributed by atoms with Crippen molar-refractivity contribution in [1.29, 1.82) is 0 Å². The summed E-state index contributed by atoms with van der Waals surface area (Å²) in [5.41, 5.74) is 1.25. The van der Waals surface area contributed by atoms with Crippen LogP contribution in [0.1, 0.15) is 115 Å². The van der Waals surface area contributed by atoms with Crippen molar-refractivity contribution < 1.29 is 4.74 Å². The molecule has 0 saturated heterocycles. The van der Waals surface area contributed by atoms with Crippen LogP contribution < -0.4 is 0 Å². The number of benzene rings is 1. The Morgan fingerprint density at radius 2 is 1.04 bits per heavy atom. The standard InChI is InChI=1S/C26H45O/c1-2-3-4-5-6-7-8-9-10-11-12-13-14-15-16-20-24-27-25-23-26-21-18-17-19-22-26/h17-19,21-23H,2-16,20,24-25H2,1H3. The lowest BCUT2D eigenvalue weighted by Crippen LogP contribution is -1.98. The molecule has 0 atom stereocenters. The van der Waals surface area contributed by atoms with Gasteiger partial charge in [-0.2, -0.15) is 0 Å². The molecule has 0 aromatic heterocycles. The maximum atomic E-state index is 5.70. The van der Waals surface area contributed by atoms with E-state index >= 15 is 0 Å². The molecule has 155 valence electrons. The van der Waals surface area contributed by atoms with Crippen LogP contribution in [0.5, 0.6) is 0 Å². The lowest BCUT2D eigenvalue weighted by atomic mass is 10.0. The van der Waals surface area contributed by atoms with E-state index in [1.807, 2.05) is 0 Å². The Morgan fingerprint density at radius 1 is 0.593 bits per heavy atom. The first-order chi connectivity index (χ1) is 13.4. The second-order valence-corrected chi connectivity index (χ2v) is 7.99. The second-order valence-electron chi connectivity index (χ2n) is 7.99. The summed E-state index contributed by atoms with van der Waals surface area (Å²) in [5, 5.41) is 0. The maximum Gasteiger partial charge on any atom is 0.0541 e. The van der Waals surface area contributed by atoms with E-state index in [0.717, 1.165) is 13.2 Å². The summed E-state index contributed by atoms with van der Waals surface area (Å²) >= 11 is 0. The molecule has 1 radical (unpaired) electrons. The summed E-state index contributed by atoms with van der Waals surface area (Å²) in [6.07, 6.45) is 24.8. The Morgan fingerprint density at radius 3 is 1.52 bits per heavy atom. The predicted molar refractivity (Wildman–Crippen MR) is 120 cm³/mol. The minimum Gasteiger partial charge on any atom is -0.381 e. The molecule has 0 spiro atoms. The van der Waals surface area contributed by atoms with Gasteiger partial charge >= 0.3 is 0 Å². The fourth-order valence-electron chi connectivity index (χ4n) is 3.58. The van der Waals surface area contributed by atoms with Crippen molar-refractivity contribution in [2.24, 2.45) is 0 Å². The van der Waals surface area contributed by atoms with Crippen LogP contribution in [0, 0.1) is 6.42 Å². The van der Waals surface area contributed by atoms with E-state index in [2.05, 4.69) is 43.7 Å². The Kier molecular flexibility index (Phi) is 17.9. The molecule has 1 rings (SSSR count). The van der Waals surface area contributed by atoms with Gasteiger partial charge in [0.2, 0.25) is 0 Å². The van der Waals surface area contributed by atoms with Crippen LogP contribution in [-0.2, 0) is 4.74 Å². The average Bonchev–Trinajstić information content (AvgIpc) is 2.70. The van der Waals surface area contributed by atoms with Gasteiger partial charge in [0.15, 0.2) is 0 Å². The molecule has 0 bridgehead atoms. The highest BCUT2D eigenvalue weighted by Crippen LogP contribution is 2.13. The molecule has 1 aromatic carbocycles. The van der Waals surface area contributed by atoms with E-state index in [1.165, 1.54) is 108 Å². The lowest BCUT2D eigenvalue weighted by Gasteiger charge is -2.05. The molecule has 0 amide bonds. The third-order valence-electron chi connectivity index (χ3n) is 5.38. The molecule has 0 fully saturated rings. The van der Waals surface area contributed by atoms with Gasteiger partial charge in [0, 0.05) is 13.0 Å². The molecule has 0 heterocycles. The number of ether oxygens (including phenoxy) is 1. The van der Waals surface area contributed by atoms with Crippen LogP contribution >= 0.6 is 0 Å². The minimum atomic E-state index is 0.739. The van der Waals surface area contributed by atoms with Gasteiger partial charge in [-0.15, -0.1) is 0 Å². The first kappa shape index (κ1) is 24.2. The lowest BCUT2D eigenvalue weighted by molar-refractivity contribution is 0.150. The van der Waals surface area contributed by atoms with Gasteiger partial charge in [0.05, 0.1) is 6.61 Å². The molecule has 0 saturated carbocycles. The molecule has 1 aromatic rings. The Balaban J connectivity index is 1.67. The van der Waals surface area contributed by atoms with E-state index in [1.54, 1.807) is 0 Å². The Labute approximate surface area is 170 Å². The molecular weight excluding hydrogens is 328 g/mol. The zero-order valence-corrected chi connectivity index (χ0v) is 18.1. The van der Waals surface area contributed by atoms with Crippen LogP contribution in [0.25, 0.3) is 0 Å². The molecule has 27 heavy (non-hydrogen) atoms. The topological polar surface area (TPSA) is 9.23 Å². The van der Waals surface area contributed by atoms with Crippen LogP contribution in [0.4, 0.5) is 0 Å². The van der Waals surface area contributed by atoms with E-state index in [-0.39, 0.29) is 0 Å². The van der Waals surface area contributed by atoms with E-state index in [0.29, 0.717) is 0 Å². The van der Waals surface area contributed by atoms with Crippen molar-refractivity contribution in [3.63, 3.8) is 0 Å². The summed E-state index contributed by atoms with van der Waals surface area (Å²) in [4.78, 5) is 0. The van der Waals surface area contributed by atoms with Crippen LogP contribution in [0.2, 0.25) is 0 Å². The highest BCUT2D eigenvalue weighted by molar-refractivity contribution is 5.22. The monoisotopic (exact) mass is 373 g/mol. The van der Waals surface area contributed by atoms with Gasteiger partial charge < -0.3 is 4.74 Å². The number of hydrogen-bond donors (Lipinski definition) is 0. The van der Waals surface area contributed by atoms with Crippen molar-refractivity contribution in [2.75, 3.05) is 13.2 Å². The van der Waals surface area contributed by atoms with Gasteiger partial charge in [0.1, 0.15) is 0 Å². The summed E-state index contributed by atoms with van der Waals surface area (Å²) in [6.45, 7) is 3.94. The van der Waals surface area contributed by atoms with Crippen molar-refractivity contribution in [3.8, 4) is 0 Å². The number of hydrogen-bond acceptors (Lipinski definition) is 1. The van der Waals surface area contributed by atoms with Crippen molar-refractivity contribution in [3.05, 3.63) is 42.3 Å². The molecule has 0 aliphatic rings. The summed E-state index contributed by atoms with van der Waals surface area (Å²) < 4.78 is 5.70. The van der Waals surface area contributed by atoms with Gasteiger partial charge in [-0.3, -0.25) is 0 Å². The molecule has 0 N–H and O–H groups in total. The van der Waals surface area contributed by atoms with Gasteiger partial charge in [-0.05, 0) is 12.0 Å². The van der Waals surface area contributed by atoms with E-state index in [4.69, 9.17) is 4.74 Å². The Bertz CT molecular complexity index is 386. The summed E-state index contributed by atoms with van der Waals surface area (Å²) in [7, 11) is 0. The van der Waals surface area contributed by atoms with Crippen LogP contribution in [-0.4, -0.2) is 13.2 Å². The second kappa shape index (κ2) is 19.9. The third-order valence-corrected chi connectivity index (χ3v) is 5.38. The number of unbranched alkanes of at least 4 members (excludes halogenated alkanes) is 15. The first-order valence-corrected chi connectivity index (χ1v) is 11.9. The zero-order valence-electron chi connectivity index (χ0n) is 18.1. The normalized spacial score (nSPS) is 11.1. The highest BCUT2D eigenvalue weighted by Gasteiger charge is 1.96. The smallest absolute Gasteiger partial charge is 0.0541 e. The minimum absolute atomic E-state index is 0.739. The zero-order chi connectivity index (χ0) is 19.3. The molecular formula is C26H45O. The highest BCUT2D eigenvalue weighted by atomic mass is 16.5. The molecule has 0 unspecified atom stereocenters. The molecule has 1 heteroatoms. The quantitative estimate of drug-likeness (QED) is 0.208. The molecule has 1 nitrogen and oxygen atoms in total. The number of rotatable bonds is 20. The van der Waals surface area contributed by atoms with Crippen LogP contribution in [0.15, 0.2) is 30.3 Å². The fourth-order valence-corrected chi connectivity index (χ4v) is 3.58. The van der Waals surface area contributed by atoms with Crippen LogP contribution in [0.3, 0.4) is 0 Å². The average molecular weight is 374 g/mol. The van der Waals surface area contributed by atoms with Crippen molar-refractivity contribution in [2.45, 2.75) is 110 Å². The molecule has 0 aliphatic carbocycles. The third kappa shape index (κ3) is 17.0. The Hall–Kier alpha value is -0.820. The predicted octanol–water partition coefficient (Wildman–Crippen LogP) is 8.52. The first-order valence-electron chi connectivity index (χ1n) is 11.9. The SMILES string of the molecule is CCCCCCCCCCCCCCCCCCOC[CH]c1ccccc1. The largest absolute Gasteiger partial charge is 0.381 e. The van der Waals surface area contributed by atoms with Gasteiger partial charge in [-0.1, -0.05) is 134 Å². The van der Waals surface area contributed by atoms with E-state index in [9.17, 15) is 0 Å². The summed E-state index contributed by atoms with van der Waals surface area (Å²) in [6, 6.07) is 10.4.